The van der Waals surface area contributed by atoms with Crippen LogP contribution in [0.3, 0.4) is 0 Å². The summed E-state index contributed by atoms with van der Waals surface area (Å²) in [4.78, 5) is 11.9. The predicted molar refractivity (Wildman–Crippen MR) is 86.3 cm³/mol. The predicted octanol–water partition coefficient (Wildman–Crippen LogP) is 4.54. The molecule has 8 heteroatoms. The molecule has 3 N–H and O–H groups in total. The summed E-state index contributed by atoms with van der Waals surface area (Å²) in [5.41, 5.74) is 0.304. The van der Waals surface area contributed by atoms with E-state index in [-0.39, 0.29) is 17.3 Å². The number of alkyl halides is 3. The van der Waals surface area contributed by atoms with E-state index in [1.165, 1.54) is 0 Å². The van der Waals surface area contributed by atoms with Gasteiger partial charge in [-0.25, -0.2) is 4.79 Å². The zero-order valence-electron chi connectivity index (χ0n) is 12.3. The van der Waals surface area contributed by atoms with Crippen LogP contribution in [0.25, 0.3) is 0 Å². The van der Waals surface area contributed by atoms with Gasteiger partial charge in [0.25, 0.3) is 0 Å². The Morgan fingerprint density at radius 3 is 2.33 bits per heavy atom. The Morgan fingerprint density at radius 1 is 1.08 bits per heavy atom. The first-order valence-electron chi connectivity index (χ1n) is 6.94. The molecule has 0 atom stereocenters. The molecule has 4 nitrogen and oxygen atoms in total. The lowest BCUT2D eigenvalue weighted by molar-refractivity contribution is -0.137. The Kier molecular flexibility index (Phi) is 5.69. The van der Waals surface area contributed by atoms with E-state index in [1.807, 2.05) is 0 Å². The molecule has 0 radical (unpaired) electrons. The summed E-state index contributed by atoms with van der Waals surface area (Å²) in [7, 11) is 0. The van der Waals surface area contributed by atoms with Gasteiger partial charge in [-0.3, -0.25) is 0 Å². The largest absolute Gasteiger partial charge is 0.416 e. The molecule has 2 aromatic carbocycles. The van der Waals surface area contributed by atoms with Crippen molar-refractivity contribution in [3.8, 4) is 0 Å². The lowest BCUT2D eigenvalue weighted by atomic mass is 10.1. The Bertz CT molecular complexity index is 718. The van der Waals surface area contributed by atoms with Crippen molar-refractivity contribution < 1.29 is 23.1 Å². The van der Waals surface area contributed by atoms with E-state index in [2.05, 4.69) is 10.6 Å². The first kappa shape index (κ1) is 18.1. The lowest BCUT2D eigenvalue weighted by Crippen LogP contribution is -2.20. The first-order valence-corrected chi connectivity index (χ1v) is 7.32. The van der Waals surface area contributed by atoms with E-state index in [4.69, 9.17) is 16.7 Å². The standard InChI is InChI=1S/C16H14ClF3N2O2/c17-13-6-3-11(16(18,19)20)9-14(13)22-15(24)21-12-4-1-10(2-5-12)7-8-23/h1-6,9,23H,7-8H2,(H2,21,22,24). The topological polar surface area (TPSA) is 61.4 Å². The monoisotopic (exact) mass is 358 g/mol. The van der Waals surface area contributed by atoms with Crippen LogP contribution in [0.5, 0.6) is 0 Å². The van der Waals surface area contributed by atoms with Crippen LogP contribution in [0.15, 0.2) is 42.5 Å². The van der Waals surface area contributed by atoms with Crippen molar-refractivity contribution in [3.05, 3.63) is 58.6 Å². The zero-order chi connectivity index (χ0) is 17.7. The molecule has 2 amide bonds. The molecule has 0 aliphatic heterocycles. The molecule has 0 fully saturated rings. The number of benzene rings is 2. The number of anilines is 2. The van der Waals surface area contributed by atoms with Crippen molar-refractivity contribution in [2.75, 3.05) is 17.2 Å². The molecule has 0 saturated carbocycles. The molecule has 0 saturated heterocycles. The van der Waals surface area contributed by atoms with Crippen molar-refractivity contribution >= 4 is 29.0 Å². The van der Waals surface area contributed by atoms with E-state index in [9.17, 15) is 18.0 Å². The molecule has 0 heterocycles. The number of halogens is 4. The molecule has 2 aromatic rings. The van der Waals surface area contributed by atoms with Crippen LogP contribution in [0.1, 0.15) is 11.1 Å². The van der Waals surface area contributed by atoms with Crippen molar-refractivity contribution in [2.45, 2.75) is 12.6 Å². The fourth-order valence-corrected chi connectivity index (χ4v) is 2.13. The summed E-state index contributed by atoms with van der Waals surface area (Å²) < 4.78 is 38.1. The highest BCUT2D eigenvalue weighted by atomic mass is 35.5. The van der Waals surface area contributed by atoms with Gasteiger partial charge in [0.1, 0.15) is 0 Å². The average molecular weight is 359 g/mol. The maximum atomic E-state index is 12.7. The summed E-state index contributed by atoms with van der Waals surface area (Å²) in [5, 5.41) is 13.6. The number of nitrogens with one attached hydrogen (secondary N) is 2. The van der Waals surface area contributed by atoms with Gasteiger partial charge in [-0.1, -0.05) is 23.7 Å². The van der Waals surface area contributed by atoms with Crippen LogP contribution in [0.2, 0.25) is 5.02 Å². The van der Waals surface area contributed by atoms with Crippen LogP contribution in [0.4, 0.5) is 29.3 Å². The summed E-state index contributed by atoms with van der Waals surface area (Å²) in [5.74, 6) is 0. The minimum Gasteiger partial charge on any atom is -0.396 e. The third kappa shape index (κ3) is 4.87. The molecule has 0 aliphatic carbocycles. The highest BCUT2D eigenvalue weighted by Gasteiger charge is 2.31. The van der Waals surface area contributed by atoms with Crippen LogP contribution in [-0.2, 0) is 12.6 Å². The Hall–Kier alpha value is -2.25. The molecular formula is C16H14ClF3N2O2. The van der Waals surface area contributed by atoms with Gasteiger partial charge in [0, 0.05) is 12.3 Å². The molecule has 24 heavy (non-hydrogen) atoms. The molecule has 0 unspecified atom stereocenters. The van der Waals surface area contributed by atoms with E-state index in [0.717, 1.165) is 23.8 Å². The number of carbonyl (C=O) groups is 1. The van der Waals surface area contributed by atoms with Gasteiger partial charge < -0.3 is 15.7 Å². The number of aliphatic hydroxyl groups is 1. The minimum absolute atomic E-state index is 0.00329. The van der Waals surface area contributed by atoms with E-state index < -0.39 is 17.8 Å². The molecule has 0 spiro atoms. The number of hydrogen-bond acceptors (Lipinski definition) is 2. The van der Waals surface area contributed by atoms with Crippen molar-refractivity contribution in [2.24, 2.45) is 0 Å². The SMILES string of the molecule is O=C(Nc1ccc(CCO)cc1)Nc1cc(C(F)(F)F)ccc1Cl. The van der Waals surface area contributed by atoms with Crippen molar-refractivity contribution in [3.63, 3.8) is 0 Å². The second-order valence-electron chi connectivity index (χ2n) is 4.94. The van der Waals surface area contributed by atoms with Crippen LogP contribution in [0, 0.1) is 0 Å². The highest BCUT2D eigenvalue weighted by Crippen LogP contribution is 2.33. The van der Waals surface area contributed by atoms with Gasteiger partial charge in [-0.15, -0.1) is 0 Å². The summed E-state index contributed by atoms with van der Waals surface area (Å²) in [6, 6.07) is 8.66. The minimum atomic E-state index is -4.53. The first-order chi connectivity index (χ1) is 11.3. The van der Waals surface area contributed by atoms with E-state index in [1.54, 1.807) is 24.3 Å². The molecule has 2 rings (SSSR count). The quantitative estimate of drug-likeness (QED) is 0.751. The molecule has 0 bridgehead atoms. The van der Waals surface area contributed by atoms with Crippen LogP contribution >= 0.6 is 11.6 Å². The number of hydrogen-bond donors (Lipinski definition) is 3. The Morgan fingerprint density at radius 2 is 1.75 bits per heavy atom. The van der Waals surface area contributed by atoms with Crippen LogP contribution in [-0.4, -0.2) is 17.7 Å². The average Bonchev–Trinajstić information content (AvgIpc) is 2.50. The number of carbonyl (C=O) groups excluding carboxylic acids is 1. The molecule has 128 valence electrons. The van der Waals surface area contributed by atoms with Crippen molar-refractivity contribution in [1.82, 2.24) is 0 Å². The summed E-state index contributed by atoms with van der Waals surface area (Å²) >= 11 is 5.82. The van der Waals surface area contributed by atoms with Gasteiger partial charge in [0.15, 0.2) is 0 Å². The second kappa shape index (κ2) is 7.55. The third-order valence-electron chi connectivity index (χ3n) is 3.15. The highest BCUT2D eigenvalue weighted by molar-refractivity contribution is 6.33. The number of aliphatic hydroxyl groups excluding tert-OH is 1. The van der Waals surface area contributed by atoms with E-state index in [0.29, 0.717) is 12.1 Å². The van der Waals surface area contributed by atoms with Gasteiger partial charge in [-0.2, -0.15) is 13.2 Å². The zero-order valence-corrected chi connectivity index (χ0v) is 13.1. The normalized spacial score (nSPS) is 11.2. The summed E-state index contributed by atoms with van der Waals surface area (Å²) in [6.45, 7) is 0.0152. The fraction of sp³-hybridized carbons (Fsp3) is 0.188. The number of rotatable bonds is 4. The Labute approximate surface area is 141 Å². The van der Waals surface area contributed by atoms with Gasteiger partial charge in [-0.05, 0) is 42.3 Å². The van der Waals surface area contributed by atoms with Gasteiger partial charge in [0.05, 0.1) is 16.3 Å². The number of urea groups is 1. The maximum Gasteiger partial charge on any atom is 0.416 e. The van der Waals surface area contributed by atoms with Crippen LogP contribution < -0.4 is 10.6 Å². The smallest absolute Gasteiger partial charge is 0.396 e. The van der Waals surface area contributed by atoms with Gasteiger partial charge in [0.2, 0.25) is 0 Å². The molecule has 0 aromatic heterocycles. The Balaban J connectivity index is 2.06. The summed E-state index contributed by atoms with van der Waals surface area (Å²) in [6.07, 6.45) is -4.04. The molecule has 0 aliphatic rings. The third-order valence-corrected chi connectivity index (χ3v) is 3.48. The van der Waals surface area contributed by atoms with Crippen molar-refractivity contribution in [1.29, 1.82) is 0 Å². The fourth-order valence-electron chi connectivity index (χ4n) is 1.97. The number of amides is 2. The lowest BCUT2D eigenvalue weighted by Gasteiger charge is -2.12. The maximum absolute atomic E-state index is 12.7. The second-order valence-corrected chi connectivity index (χ2v) is 5.35. The van der Waals surface area contributed by atoms with E-state index >= 15 is 0 Å². The van der Waals surface area contributed by atoms with Gasteiger partial charge >= 0.3 is 12.2 Å². The molecular weight excluding hydrogens is 345 g/mol.